The first kappa shape index (κ1) is 100.0. The van der Waals surface area contributed by atoms with Gasteiger partial charge in [0, 0.05) is 126 Å². The van der Waals surface area contributed by atoms with E-state index in [0.717, 1.165) is 111 Å². The first-order valence-electron chi connectivity index (χ1n) is 48.9. The molecule has 9 aromatic carbocycles. The van der Waals surface area contributed by atoms with Crippen molar-refractivity contribution >= 4 is 76.4 Å². The van der Waals surface area contributed by atoms with Crippen LogP contribution in [0, 0.1) is 34.6 Å². The monoisotopic (exact) mass is 1940 g/mol. The molecule has 30 nitrogen and oxygen atoms in total. The molecule has 0 spiro atoms. The highest BCUT2D eigenvalue weighted by molar-refractivity contribution is 6.11. The Balaban J connectivity index is 0.000000130. The van der Waals surface area contributed by atoms with E-state index in [1.165, 1.54) is 33.5 Å². The number of carbonyl (C=O) groups excluding carboxylic acids is 12. The van der Waals surface area contributed by atoms with E-state index in [4.69, 9.17) is 28.8 Å². The number of benzene rings is 9. The van der Waals surface area contributed by atoms with Gasteiger partial charge in [0.15, 0.2) is 23.1 Å². The highest BCUT2D eigenvalue weighted by atomic mass is 16.5. The molecule has 3 aromatic heterocycles. The lowest BCUT2D eigenvalue weighted by Gasteiger charge is -2.29. The van der Waals surface area contributed by atoms with Gasteiger partial charge in [-0.3, -0.25) is 67.2 Å². The number of carbonyl (C=O) groups is 13. The molecule has 12 aromatic rings. The Kier molecular flexibility index (Phi) is 30.5. The molecule has 4 amide bonds. The molecule has 5 aliphatic heterocycles. The maximum atomic E-state index is 13.0. The molecule has 4 unspecified atom stereocenters. The average Bonchev–Trinajstić information content (AvgIpc) is 1.63. The fraction of sp³-hybridized carbons (Fsp3) is 0.342. The summed E-state index contributed by atoms with van der Waals surface area (Å²) in [5, 5.41) is 15.4. The number of aryl methyl sites for hydroxylation is 3. The number of aromatic nitrogens is 7. The lowest BCUT2D eigenvalue weighted by Crippen LogP contribution is -2.44. The lowest BCUT2D eigenvalue weighted by molar-refractivity contribution is -0.134. The fourth-order valence-corrected chi connectivity index (χ4v) is 20.0. The lowest BCUT2D eigenvalue weighted by atomic mass is 9.92. The van der Waals surface area contributed by atoms with Crippen molar-refractivity contribution in [2.45, 2.75) is 254 Å². The fourth-order valence-electron chi connectivity index (χ4n) is 20.0. The van der Waals surface area contributed by atoms with Crippen molar-refractivity contribution in [1.29, 1.82) is 0 Å². The van der Waals surface area contributed by atoms with Gasteiger partial charge < -0.3 is 52.8 Å². The Morgan fingerprint density at radius 3 is 0.972 bits per heavy atom. The Morgan fingerprint density at radius 2 is 0.681 bits per heavy atom. The summed E-state index contributed by atoms with van der Waals surface area (Å²) in [6.45, 7) is 24.2. The number of imidazole rings is 2. The zero-order valence-corrected chi connectivity index (χ0v) is 82.2. The van der Waals surface area contributed by atoms with Crippen LogP contribution in [0.15, 0.2) is 207 Å². The number of nitrogens with zero attached hydrogens (tertiary/aromatic N) is 12. The summed E-state index contributed by atoms with van der Waals surface area (Å²) in [7, 11) is 0. The van der Waals surface area contributed by atoms with Crippen LogP contribution >= 0.6 is 0 Å². The summed E-state index contributed by atoms with van der Waals surface area (Å²) >= 11 is 0. The highest BCUT2D eigenvalue weighted by Gasteiger charge is 2.45. The highest BCUT2D eigenvalue weighted by Crippen LogP contribution is 2.41. The van der Waals surface area contributed by atoms with E-state index in [1.54, 1.807) is 56.0 Å². The summed E-state index contributed by atoms with van der Waals surface area (Å²) in [5.74, 6) is 2.13. The standard InChI is InChI=1S/C30H28N2O4.C28H30N4O4.C28H29N3O4.C27H27N3O4.CH2O2/c33-24-12-13-27(28(34)14-24)32-18-26-25(30(32)35)6-3-7-29(26)36-19-21-10-8-20(9-11-21)15-31-16-22-4-1-2-5-23(22)17-31;1-28(2,3)26-16-31(30-29-26)14-18-7-9-19(10-8-18)17-36-25-6-4-5-21-22(25)15-32(27(21)35)23-12-11-20(33)13-24(23)34;1-17-18(2)30(19(3)29-17)14-20-7-9-21(10-8-20)16-35-27-6-4-5-23-24(27)15-31(28(23)34)25-12-11-22(32)13-26(25)33;1-17-18(2)29(16-28-17)13-19-6-8-20(9-7-19)15-34-26-5-3-4-22-23(26)14-30(27(22)33)24-11-10-21(31)12-25(24)32;2-1-3/h1-11,27H,12-19H2;4-10,16,23H,11-15,17H2,1-3H3;4-10,25H,11-16H2,1-3H3;3-9,16,24H,10-15H2,1-2H3;1H,(H,2,3). The largest absolute Gasteiger partial charge is 0.489 e. The van der Waals surface area contributed by atoms with Gasteiger partial charge in [0.25, 0.3) is 30.1 Å². The molecule has 4 atom stereocenters. The zero-order valence-electron chi connectivity index (χ0n) is 82.2. The third-order valence-corrected chi connectivity index (χ3v) is 28.4. The third-order valence-electron chi connectivity index (χ3n) is 28.4. The van der Waals surface area contributed by atoms with Crippen molar-refractivity contribution in [2.24, 2.45) is 0 Å². The van der Waals surface area contributed by atoms with E-state index in [-0.39, 0.29) is 107 Å². The van der Waals surface area contributed by atoms with E-state index in [1.807, 2.05) is 111 Å². The van der Waals surface area contributed by atoms with E-state index < -0.39 is 24.2 Å². The van der Waals surface area contributed by atoms with Crippen LogP contribution in [0.4, 0.5) is 0 Å². The van der Waals surface area contributed by atoms with Crippen LogP contribution in [0.2, 0.25) is 0 Å². The van der Waals surface area contributed by atoms with Gasteiger partial charge >= 0.3 is 0 Å². The van der Waals surface area contributed by atoms with Gasteiger partial charge in [-0.2, -0.15) is 0 Å². The third kappa shape index (κ3) is 22.8. The number of Topliss-reactive ketones (excluding diaryl/α,β-unsaturated/α-hetero) is 8. The predicted molar refractivity (Wildman–Crippen MR) is 531 cm³/mol. The molecule has 740 valence electrons. The molecule has 0 radical (unpaired) electrons. The van der Waals surface area contributed by atoms with Crippen LogP contribution in [0.1, 0.15) is 251 Å². The molecule has 4 aliphatic carbocycles. The number of rotatable bonds is 24. The number of fused-ring (bicyclic) bond motifs is 5. The minimum Gasteiger partial charge on any atom is -0.489 e. The van der Waals surface area contributed by atoms with Gasteiger partial charge in [0.2, 0.25) is 0 Å². The number of ether oxygens (including phenoxy) is 4. The van der Waals surface area contributed by atoms with Crippen molar-refractivity contribution in [2.75, 3.05) is 0 Å². The summed E-state index contributed by atoms with van der Waals surface area (Å²) < 4.78 is 30.7. The van der Waals surface area contributed by atoms with Crippen molar-refractivity contribution in [3.05, 3.63) is 341 Å². The molecular formula is C114H116N12O18. The number of hydrogen-bond donors (Lipinski definition) is 1. The van der Waals surface area contributed by atoms with Crippen molar-refractivity contribution in [1.82, 2.24) is 58.6 Å². The second-order valence-corrected chi connectivity index (χ2v) is 39.3. The first-order chi connectivity index (χ1) is 69.4. The van der Waals surface area contributed by atoms with E-state index in [2.05, 4.69) is 154 Å². The second kappa shape index (κ2) is 43.9. The van der Waals surface area contributed by atoms with E-state index in [0.29, 0.717) is 156 Å². The normalized spacial score (nSPS) is 18.0. The minimum atomic E-state index is -0.535. The molecule has 30 heteroatoms. The van der Waals surface area contributed by atoms with Gasteiger partial charge in [-0.25, -0.2) is 14.6 Å². The Labute approximate surface area is 834 Å². The smallest absolute Gasteiger partial charge is 0.290 e. The van der Waals surface area contributed by atoms with Crippen molar-refractivity contribution < 1.29 is 86.4 Å². The maximum absolute atomic E-state index is 13.0. The van der Waals surface area contributed by atoms with Crippen molar-refractivity contribution in [3.63, 3.8) is 0 Å². The van der Waals surface area contributed by atoms with Gasteiger partial charge in [0.1, 0.15) is 78.4 Å². The molecular weight excluding hydrogens is 1830 g/mol. The van der Waals surface area contributed by atoms with Crippen LogP contribution in [0.3, 0.4) is 0 Å². The van der Waals surface area contributed by atoms with Crippen molar-refractivity contribution in [3.8, 4) is 23.0 Å². The SMILES string of the molecule is CC(C)(C)c1cn(Cc2ccc(COc3cccc4c3CN(C3CCC(=O)CC3=O)C4=O)cc2)nn1.Cc1nc(C)n(Cc2ccc(COc3cccc4c3CN(C3CCC(=O)CC3=O)C4=O)cc2)c1C.Cc1ncn(Cc2ccc(COc3cccc4c3CN(C3CCC(=O)CC3=O)C4=O)cc2)c1C.O=C1CCC(N2Cc3c(OCc4ccc(CN5Cc6ccccc6C5)cc4)cccc3C2=O)C(=O)C1.O=CO. The quantitative estimate of drug-likeness (QED) is 0.0434. The summed E-state index contributed by atoms with van der Waals surface area (Å²) in [5.41, 5.74) is 22.6. The minimum absolute atomic E-state index is 0.0380. The predicted octanol–water partition coefficient (Wildman–Crippen LogP) is 15.8. The van der Waals surface area contributed by atoms with Gasteiger partial charge in [-0.1, -0.05) is 172 Å². The van der Waals surface area contributed by atoms with Crippen LogP contribution < -0.4 is 18.9 Å². The molecule has 144 heavy (non-hydrogen) atoms. The Bertz CT molecular complexity index is 6940. The Hall–Kier alpha value is -15.6. The van der Waals surface area contributed by atoms with E-state index in [9.17, 15) is 57.5 Å². The van der Waals surface area contributed by atoms with Crippen LogP contribution in [-0.2, 0) is 140 Å². The Morgan fingerprint density at radius 1 is 0.368 bits per heavy atom. The molecule has 0 saturated heterocycles. The van der Waals surface area contributed by atoms with Crippen LogP contribution in [0.25, 0.3) is 0 Å². The van der Waals surface area contributed by atoms with Gasteiger partial charge in [0.05, 0.1) is 106 Å². The molecule has 21 rings (SSSR count). The zero-order chi connectivity index (χ0) is 101. The second-order valence-electron chi connectivity index (χ2n) is 39.3. The molecule has 4 fully saturated rings. The maximum Gasteiger partial charge on any atom is 0.290 e. The molecule has 4 saturated carbocycles. The van der Waals surface area contributed by atoms with E-state index >= 15 is 0 Å². The molecule has 9 aliphatic rings. The number of ketones is 8. The van der Waals surface area contributed by atoms with Crippen LogP contribution in [0.5, 0.6) is 23.0 Å². The average molecular weight is 1940 g/mol. The summed E-state index contributed by atoms with van der Waals surface area (Å²) in [4.78, 5) is 174. The van der Waals surface area contributed by atoms with Gasteiger partial charge in [-0.05, 0) is 164 Å². The first-order valence-corrected chi connectivity index (χ1v) is 48.9. The molecule has 0 bridgehead atoms. The topological polar surface area (TPSA) is 362 Å². The molecule has 1 N–H and O–H groups in total. The van der Waals surface area contributed by atoms with Gasteiger partial charge in [-0.15, -0.1) is 5.10 Å². The van der Waals surface area contributed by atoms with Crippen LogP contribution in [-0.4, -0.2) is 164 Å². The number of carboxylic acid groups (broad SMARTS) is 1. The molecule has 8 heterocycles. The summed E-state index contributed by atoms with van der Waals surface area (Å²) in [6, 6.07) is 61.5. The summed E-state index contributed by atoms with van der Waals surface area (Å²) in [6.07, 6.45) is 6.50. The number of hydrogen-bond acceptors (Lipinski definition) is 22. The number of amides is 4.